The number of carbonyl (C=O) groups excluding carboxylic acids is 1. The average molecular weight is 1290 g/mol. The van der Waals surface area contributed by atoms with Gasteiger partial charge in [0.2, 0.25) is 5.91 Å². The smallest absolute Gasteiger partial charge is 0.220 e. The van der Waals surface area contributed by atoms with Crippen molar-refractivity contribution < 1.29 is 89.4 Å². The Hall–Kier alpha value is -1.99. The van der Waals surface area contributed by atoms with Gasteiger partial charge in [0.05, 0.1) is 38.6 Å². The Balaban J connectivity index is 1.43. The van der Waals surface area contributed by atoms with Gasteiger partial charge in [0.25, 0.3) is 0 Å². The molecule has 0 bridgehead atoms. The van der Waals surface area contributed by atoms with Crippen LogP contribution in [0, 0.1) is 0 Å². The molecule has 3 fully saturated rings. The van der Waals surface area contributed by atoms with Crippen LogP contribution in [0.15, 0.2) is 36.5 Å². The lowest BCUT2D eigenvalue weighted by molar-refractivity contribution is -0.379. The van der Waals surface area contributed by atoms with Gasteiger partial charge >= 0.3 is 0 Å². The van der Waals surface area contributed by atoms with E-state index in [2.05, 4.69) is 43.5 Å². The predicted octanol–water partition coefficient (Wildman–Crippen LogP) is 10.00. The van der Waals surface area contributed by atoms with E-state index in [-0.39, 0.29) is 18.9 Å². The summed E-state index contributed by atoms with van der Waals surface area (Å²) in [6, 6.07) is -0.994. The highest BCUT2D eigenvalue weighted by atomic mass is 16.8. The second-order valence-corrected chi connectivity index (χ2v) is 26.0. The molecular weight excluding hydrogens is 1150 g/mol. The van der Waals surface area contributed by atoms with Crippen LogP contribution in [0.25, 0.3) is 0 Å². The lowest BCUT2D eigenvalue weighted by Gasteiger charge is -2.48. The monoisotopic (exact) mass is 1290 g/mol. The molecule has 0 saturated carbocycles. The number of aliphatic hydroxyl groups excluding tert-OH is 11. The van der Waals surface area contributed by atoms with Crippen LogP contribution in [-0.4, -0.2) is 193 Å². The number of hydrogen-bond donors (Lipinski definition) is 12. The minimum absolute atomic E-state index is 0.236. The van der Waals surface area contributed by atoms with Crippen molar-refractivity contribution in [3.63, 3.8) is 0 Å². The zero-order chi connectivity index (χ0) is 65.4. The van der Waals surface area contributed by atoms with Crippen LogP contribution in [0.3, 0.4) is 0 Å². The van der Waals surface area contributed by atoms with E-state index in [0.29, 0.717) is 12.8 Å². The standard InChI is InChI=1S/C71H131NO18/c1-3-5-7-9-11-13-15-17-19-21-23-24-25-26-27-28-29-31-33-35-37-39-41-43-45-47-49-59(77)72-54(55(76)48-46-44-42-40-38-36-34-32-30-22-20-18-16-14-12-10-8-6-4-2)53-85-69-65(83)62(80)67(57(51-74)87-69)90-71-66(84)63(81)68(58(52-75)88-71)89-70-64(82)61(79)60(78)56(50-73)86-70/h30,32,38,40,46,48,54-58,60-71,73-76,78-84H,3-29,31,33-37,39,41-45,47,49-53H2,1-2H3,(H,72,77)/b32-30+,40-38+,48-46+. The number of unbranched alkanes of at least 4 members (excludes halogenated alkanes) is 36. The number of nitrogens with one attached hydrogen (secondary N) is 1. The summed E-state index contributed by atoms with van der Waals surface area (Å²) < 4.78 is 34.3. The maximum atomic E-state index is 13.4. The molecule has 90 heavy (non-hydrogen) atoms. The molecule has 0 aromatic carbocycles. The molecule has 3 aliphatic heterocycles. The molecule has 528 valence electrons. The molecular formula is C71H131NO18. The van der Waals surface area contributed by atoms with Gasteiger partial charge < -0.3 is 89.9 Å². The predicted molar refractivity (Wildman–Crippen MR) is 351 cm³/mol. The maximum Gasteiger partial charge on any atom is 0.220 e. The van der Waals surface area contributed by atoms with Gasteiger partial charge in [-0.25, -0.2) is 0 Å². The second kappa shape index (κ2) is 53.2. The zero-order valence-electron chi connectivity index (χ0n) is 55.9. The lowest BCUT2D eigenvalue weighted by atomic mass is 9.96. The summed E-state index contributed by atoms with van der Waals surface area (Å²) in [6.45, 7) is 1.74. The summed E-state index contributed by atoms with van der Waals surface area (Å²) in [7, 11) is 0. The summed E-state index contributed by atoms with van der Waals surface area (Å²) in [5, 5.41) is 121. The number of allylic oxidation sites excluding steroid dienone is 5. The molecule has 0 spiro atoms. The molecule has 0 aliphatic carbocycles. The van der Waals surface area contributed by atoms with Gasteiger partial charge in [-0.3, -0.25) is 4.79 Å². The molecule has 1 amide bonds. The number of hydrogen-bond acceptors (Lipinski definition) is 18. The van der Waals surface area contributed by atoms with Crippen molar-refractivity contribution in [2.24, 2.45) is 0 Å². The molecule has 0 aromatic rings. The van der Waals surface area contributed by atoms with E-state index in [1.165, 1.54) is 199 Å². The van der Waals surface area contributed by atoms with E-state index < -0.39 is 124 Å². The summed E-state index contributed by atoms with van der Waals surface area (Å²) in [6.07, 6.45) is 35.6. The van der Waals surface area contributed by atoms with Crippen molar-refractivity contribution in [3.8, 4) is 0 Å². The Labute approximate surface area is 542 Å². The van der Waals surface area contributed by atoms with Crippen LogP contribution in [-0.2, 0) is 33.2 Å². The fourth-order valence-corrected chi connectivity index (χ4v) is 12.3. The van der Waals surface area contributed by atoms with E-state index in [4.69, 9.17) is 28.4 Å². The zero-order valence-corrected chi connectivity index (χ0v) is 55.9. The summed E-state index contributed by atoms with van der Waals surface area (Å²) in [4.78, 5) is 13.4. The topological polar surface area (TPSA) is 307 Å². The van der Waals surface area contributed by atoms with Gasteiger partial charge in [0.15, 0.2) is 18.9 Å². The molecule has 19 heteroatoms. The molecule has 17 atom stereocenters. The summed E-state index contributed by atoms with van der Waals surface area (Å²) in [5.41, 5.74) is 0. The third-order valence-corrected chi connectivity index (χ3v) is 18.2. The molecule has 0 radical (unpaired) electrons. The molecule has 19 nitrogen and oxygen atoms in total. The van der Waals surface area contributed by atoms with E-state index in [1.807, 2.05) is 6.08 Å². The second-order valence-electron chi connectivity index (χ2n) is 26.0. The Bertz CT molecular complexity index is 1780. The minimum atomic E-state index is -1.98. The Kier molecular flexibility index (Phi) is 48.6. The van der Waals surface area contributed by atoms with Crippen molar-refractivity contribution in [1.29, 1.82) is 0 Å². The van der Waals surface area contributed by atoms with Crippen molar-refractivity contribution >= 4 is 5.91 Å². The Morgan fingerprint density at radius 3 is 1.11 bits per heavy atom. The average Bonchev–Trinajstić information content (AvgIpc) is 1.05. The van der Waals surface area contributed by atoms with E-state index in [1.54, 1.807) is 6.08 Å². The quantitative estimate of drug-likeness (QED) is 0.0199. The Morgan fingerprint density at radius 2 is 0.711 bits per heavy atom. The first-order chi connectivity index (χ1) is 43.8. The van der Waals surface area contributed by atoms with Gasteiger partial charge in [0, 0.05) is 6.42 Å². The summed E-state index contributed by atoms with van der Waals surface area (Å²) >= 11 is 0. The fourth-order valence-electron chi connectivity index (χ4n) is 12.3. The van der Waals surface area contributed by atoms with Gasteiger partial charge in [0.1, 0.15) is 73.2 Å². The highest BCUT2D eigenvalue weighted by Gasteiger charge is 2.53. The Morgan fingerprint density at radius 1 is 0.389 bits per heavy atom. The number of carbonyl (C=O) groups is 1. The summed E-state index contributed by atoms with van der Waals surface area (Å²) in [5.74, 6) is -0.285. The van der Waals surface area contributed by atoms with Crippen molar-refractivity contribution in [1.82, 2.24) is 5.32 Å². The lowest BCUT2D eigenvalue weighted by Crippen LogP contribution is -2.66. The highest BCUT2D eigenvalue weighted by molar-refractivity contribution is 5.76. The number of rotatable bonds is 56. The molecule has 3 aliphatic rings. The fraction of sp³-hybridized carbons (Fsp3) is 0.901. The number of aliphatic hydroxyl groups is 11. The molecule has 3 heterocycles. The largest absolute Gasteiger partial charge is 0.394 e. The normalized spacial score (nSPS) is 28.2. The van der Waals surface area contributed by atoms with Crippen LogP contribution in [0.4, 0.5) is 0 Å². The van der Waals surface area contributed by atoms with Crippen LogP contribution in [0.1, 0.15) is 277 Å². The molecule has 17 unspecified atom stereocenters. The van der Waals surface area contributed by atoms with Gasteiger partial charge in [-0.2, -0.15) is 0 Å². The van der Waals surface area contributed by atoms with Gasteiger partial charge in [-0.1, -0.05) is 262 Å². The number of ether oxygens (including phenoxy) is 6. The third kappa shape index (κ3) is 34.6. The molecule has 3 rings (SSSR count). The first kappa shape index (κ1) is 82.2. The minimum Gasteiger partial charge on any atom is -0.394 e. The van der Waals surface area contributed by atoms with Crippen LogP contribution < -0.4 is 5.32 Å². The molecule has 12 N–H and O–H groups in total. The van der Waals surface area contributed by atoms with E-state index in [9.17, 15) is 61.0 Å². The van der Waals surface area contributed by atoms with E-state index >= 15 is 0 Å². The maximum absolute atomic E-state index is 13.4. The van der Waals surface area contributed by atoms with Crippen LogP contribution >= 0.6 is 0 Å². The van der Waals surface area contributed by atoms with Gasteiger partial charge in [-0.05, 0) is 44.9 Å². The first-order valence-electron chi connectivity index (χ1n) is 36.2. The van der Waals surface area contributed by atoms with Crippen LogP contribution in [0.5, 0.6) is 0 Å². The van der Waals surface area contributed by atoms with Crippen molar-refractivity contribution in [2.45, 2.75) is 381 Å². The van der Waals surface area contributed by atoms with Crippen molar-refractivity contribution in [3.05, 3.63) is 36.5 Å². The van der Waals surface area contributed by atoms with Gasteiger partial charge in [-0.15, -0.1) is 0 Å². The molecule has 3 saturated heterocycles. The van der Waals surface area contributed by atoms with Crippen molar-refractivity contribution in [2.75, 3.05) is 26.4 Å². The third-order valence-electron chi connectivity index (χ3n) is 18.2. The SMILES string of the molecule is CCCCCCCCCCC/C=C/CC/C=C/CC/C=C/C(O)C(COC1OC(CO)C(OC2OC(CO)C(OC3OC(CO)C(O)C(O)C3O)C(O)C2O)C(O)C1O)NC(=O)CCCCCCCCCCCCCCCCCCCCCCCCCCCC. The van der Waals surface area contributed by atoms with Crippen LogP contribution in [0.2, 0.25) is 0 Å². The molecule has 0 aromatic heterocycles. The highest BCUT2D eigenvalue weighted by Crippen LogP contribution is 2.33. The number of amides is 1. The first-order valence-corrected chi connectivity index (χ1v) is 36.2. The van der Waals surface area contributed by atoms with E-state index in [0.717, 1.165) is 44.9 Å².